The van der Waals surface area contributed by atoms with E-state index in [-0.39, 0.29) is 22.7 Å². The van der Waals surface area contributed by atoms with Gasteiger partial charge in [0.05, 0.1) is 11.0 Å². The Morgan fingerprint density at radius 1 is 1.00 bits per heavy atom. The van der Waals surface area contributed by atoms with Crippen molar-refractivity contribution >= 4 is 21.5 Å². The van der Waals surface area contributed by atoms with E-state index in [0.29, 0.717) is 43.7 Å². The number of aliphatic hydroxyl groups is 1. The first-order valence-corrected chi connectivity index (χ1v) is 15.2. The lowest BCUT2D eigenvalue weighted by atomic mass is 9.65. The van der Waals surface area contributed by atoms with E-state index in [1.807, 2.05) is 18.2 Å². The van der Waals surface area contributed by atoms with Gasteiger partial charge >= 0.3 is 0 Å². The zero-order valence-electron chi connectivity index (χ0n) is 22.8. The molecular formula is C31H40N2O4S. The van der Waals surface area contributed by atoms with Crippen LogP contribution in [0, 0.1) is 5.41 Å². The average molecular weight is 537 g/mol. The van der Waals surface area contributed by atoms with Crippen LogP contribution in [0.4, 0.5) is 5.69 Å². The second kappa shape index (κ2) is 10.2. The van der Waals surface area contributed by atoms with Crippen LogP contribution in [-0.4, -0.2) is 55.9 Å². The number of sulfonamides is 1. The van der Waals surface area contributed by atoms with Crippen LogP contribution in [-0.2, 0) is 26.7 Å². The van der Waals surface area contributed by atoms with Crippen LogP contribution in [0.3, 0.4) is 0 Å². The largest absolute Gasteiger partial charge is 0.393 e. The lowest BCUT2D eigenvalue weighted by molar-refractivity contribution is -0.120. The van der Waals surface area contributed by atoms with Crippen molar-refractivity contribution in [3.63, 3.8) is 0 Å². The van der Waals surface area contributed by atoms with E-state index >= 15 is 0 Å². The van der Waals surface area contributed by atoms with Crippen LogP contribution in [0.15, 0.2) is 65.1 Å². The number of rotatable bonds is 5. The summed E-state index contributed by atoms with van der Waals surface area (Å²) < 4.78 is 29.1. The minimum atomic E-state index is -3.67. The average Bonchev–Trinajstić information content (AvgIpc) is 2.89. The SMILES string of the molecule is CC(C)(C)c1ccc(S(=O)(=O)N2CC=C3CC(=O)CCC3(Cc3ccc(N4CCC(O)CC4)cc3)C2)cc1. The van der Waals surface area contributed by atoms with Crippen LogP contribution >= 0.6 is 0 Å². The lowest BCUT2D eigenvalue weighted by Crippen LogP contribution is -2.49. The van der Waals surface area contributed by atoms with Gasteiger partial charge in [0.2, 0.25) is 10.0 Å². The number of fused-ring (bicyclic) bond motifs is 1. The van der Waals surface area contributed by atoms with E-state index in [4.69, 9.17) is 0 Å². The van der Waals surface area contributed by atoms with Crippen molar-refractivity contribution in [2.45, 2.75) is 75.7 Å². The molecule has 2 aromatic carbocycles. The molecule has 7 heteroatoms. The maximum absolute atomic E-state index is 13.7. The number of anilines is 1. The van der Waals surface area contributed by atoms with Gasteiger partial charge < -0.3 is 10.0 Å². The molecule has 0 radical (unpaired) electrons. The van der Waals surface area contributed by atoms with E-state index in [1.165, 1.54) is 0 Å². The van der Waals surface area contributed by atoms with Crippen molar-refractivity contribution < 1.29 is 18.3 Å². The van der Waals surface area contributed by atoms with E-state index < -0.39 is 10.0 Å². The molecule has 5 rings (SSSR count). The molecule has 0 amide bonds. The fraction of sp³-hybridized carbons (Fsp3) is 0.516. The molecule has 6 nitrogen and oxygen atoms in total. The van der Waals surface area contributed by atoms with Crippen molar-refractivity contribution in [1.82, 2.24) is 4.31 Å². The Bertz CT molecular complexity index is 1300. The molecule has 1 unspecified atom stereocenters. The second-order valence-electron chi connectivity index (χ2n) is 12.4. The summed E-state index contributed by atoms with van der Waals surface area (Å²) >= 11 is 0. The molecule has 1 saturated heterocycles. The zero-order valence-corrected chi connectivity index (χ0v) is 23.6. The first-order valence-electron chi connectivity index (χ1n) is 13.8. The number of nitrogens with zero attached hydrogens (tertiary/aromatic N) is 2. The van der Waals surface area contributed by atoms with Crippen LogP contribution < -0.4 is 4.90 Å². The smallest absolute Gasteiger partial charge is 0.243 e. The van der Waals surface area contributed by atoms with Crippen LogP contribution in [0.2, 0.25) is 0 Å². The summed E-state index contributed by atoms with van der Waals surface area (Å²) in [6.45, 7) is 8.74. The Kier molecular flexibility index (Phi) is 7.31. The molecule has 0 aromatic heterocycles. The molecule has 1 aliphatic carbocycles. The Morgan fingerprint density at radius 2 is 1.66 bits per heavy atom. The highest BCUT2D eigenvalue weighted by molar-refractivity contribution is 7.89. The minimum absolute atomic E-state index is 0.0471. The number of carbonyl (C=O) groups is 1. The number of hydrogen-bond acceptors (Lipinski definition) is 5. The number of ketones is 1. The highest BCUT2D eigenvalue weighted by Gasteiger charge is 2.45. The van der Waals surface area contributed by atoms with Gasteiger partial charge in [-0.3, -0.25) is 4.79 Å². The molecule has 2 aromatic rings. The third-order valence-electron chi connectivity index (χ3n) is 8.64. The maximum atomic E-state index is 13.7. The van der Waals surface area contributed by atoms with Gasteiger partial charge in [-0.1, -0.05) is 56.7 Å². The fourth-order valence-corrected chi connectivity index (χ4v) is 7.63. The molecule has 2 fully saturated rings. The first kappa shape index (κ1) is 27.1. The number of aliphatic hydroxyl groups excluding tert-OH is 1. The molecule has 1 saturated carbocycles. The standard InChI is InChI=1S/C31H40N2O4S/c1-30(2,3)24-6-10-29(11-7-24)38(36,37)33-19-13-25-20-28(35)12-16-31(25,22-33)21-23-4-8-26(9-5-23)32-17-14-27(34)15-18-32/h4-11,13,27,34H,12,14-22H2,1-3H3. The van der Waals surface area contributed by atoms with E-state index in [0.717, 1.165) is 48.3 Å². The quantitative estimate of drug-likeness (QED) is 0.553. The van der Waals surface area contributed by atoms with Gasteiger partial charge in [-0.15, -0.1) is 0 Å². The summed E-state index contributed by atoms with van der Waals surface area (Å²) in [6, 6.07) is 15.8. The molecule has 3 aliphatic rings. The van der Waals surface area contributed by atoms with Gasteiger partial charge in [0.15, 0.2) is 0 Å². The summed E-state index contributed by atoms with van der Waals surface area (Å²) in [7, 11) is -3.67. The Morgan fingerprint density at radius 3 is 2.29 bits per heavy atom. The van der Waals surface area contributed by atoms with Crippen LogP contribution in [0.1, 0.15) is 64.0 Å². The molecule has 1 N–H and O–H groups in total. The topological polar surface area (TPSA) is 77.9 Å². The van der Waals surface area contributed by atoms with Crippen LogP contribution in [0.5, 0.6) is 0 Å². The first-order chi connectivity index (χ1) is 18.0. The third kappa shape index (κ3) is 5.47. The minimum Gasteiger partial charge on any atom is -0.393 e. The number of carbonyl (C=O) groups excluding carboxylic acids is 1. The summed E-state index contributed by atoms with van der Waals surface area (Å²) in [6.07, 6.45) is 5.65. The number of Topliss-reactive ketones (excluding diaryl/α,β-unsaturated/α-hetero) is 1. The maximum Gasteiger partial charge on any atom is 0.243 e. The Labute approximate surface area is 227 Å². The molecule has 2 heterocycles. The summed E-state index contributed by atoms with van der Waals surface area (Å²) in [4.78, 5) is 15.0. The predicted molar refractivity (Wildman–Crippen MR) is 151 cm³/mol. The lowest BCUT2D eigenvalue weighted by Gasteiger charge is -2.45. The van der Waals surface area contributed by atoms with Gasteiger partial charge in [-0.25, -0.2) is 8.42 Å². The number of hydrogen-bond donors (Lipinski definition) is 1. The van der Waals surface area contributed by atoms with Crippen molar-refractivity contribution in [2.24, 2.45) is 5.41 Å². The normalized spacial score (nSPS) is 23.7. The van der Waals surface area contributed by atoms with Gasteiger partial charge in [-0.2, -0.15) is 4.31 Å². The highest BCUT2D eigenvalue weighted by atomic mass is 32.2. The fourth-order valence-electron chi connectivity index (χ4n) is 6.17. The van der Waals surface area contributed by atoms with Crippen molar-refractivity contribution in [3.8, 4) is 0 Å². The molecular weight excluding hydrogens is 496 g/mol. The third-order valence-corrected chi connectivity index (χ3v) is 10.5. The van der Waals surface area contributed by atoms with Gasteiger partial charge in [0.1, 0.15) is 5.78 Å². The monoisotopic (exact) mass is 536 g/mol. The molecule has 204 valence electrons. The second-order valence-corrected chi connectivity index (χ2v) is 14.3. The van der Waals surface area contributed by atoms with E-state index in [2.05, 4.69) is 49.9 Å². The van der Waals surface area contributed by atoms with Gasteiger partial charge in [0, 0.05) is 50.1 Å². The molecule has 0 bridgehead atoms. The highest BCUT2D eigenvalue weighted by Crippen LogP contribution is 2.46. The van der Waals surface area contributed by atoms with Crippen molar-refractivity contribution in [2.75, 3.05) is 31.1 Å². The summed E-state index contributed by atoms with van der Waals surface area (Å²) in [5.74, 6) is 0.239. The van der Waals surface area contributed by atoms with E-state index in [1.54, 1.807) is 16.4 Å². The zero-order chi connectivity index (χ0) is 27.1. The van der Waals surface area contributed by atoms with Crippen LogP contribution in [0.25, 0.3) is 0 Å². The molecule has 2 aliphatic heterocycles. The summed E-state index contributed by atoms with van der Waals surface area (Å²) in [5.41, 5.74) is 4.08. The number of piperidine rings is 1. The molecule has 0 spiro atoms. The Hall–Kier alpha value is -2.48. The van der Waals surface area contributed by atoms with Crippen molar-refractivity contribution in [3.05, 3.63) is 71.3 Å². The molecule has 1 atom stereocenters. The number of benzene rings is 2. The Balaban J connectivity index is 1.38. The summed E-state index contributed by atoms with van der Waals surface area (Å²) in [5, 5.41) is 9.82. The van der Waals surface area contributed by atoms with Crippen molar-refractivity contribution in [1.29, 1.82) is 0 Å². The van der Waals surface area contributed by atoms with Gasteiger partial charge in [0.25, 0.3) is 0 Å². The molecule has 38 heavy (non-hydrogen) atoms. The van der Waals surface area contributed by atoms with Gasteiger partial charge in [-0.05, 0) is 66.5 Å². The van der Waals surface area contributed by atoms with E-state index in [9.17, 15) is 18.3 Å². The predicted octanol–water partition coefficient (Wildman–Crippen LogP) is 4.86.